The zero-order valence-corrected chi connectivity index (χ0v) is 13.6. The second-order valence-electron chi connectivity index (χ2n) is 4.93. The third-order valence-electron chi connectivity index (χ3n) is 3.48. The second kappa shape index (κ2) is 6.28. The Balaban J connectivity index is 2.02. The molecule has 0 unspecified atom stereocenters. The second-order valence-corrected chi connectivity index (χ2v) is 5.81. The van der Waals surface area contributed by atoms with Gasteiger partial charge in [0.05, 0.1) is 12.6 Å². The van der Waals surface area contributed by atoms with E-state index in [0.29, 0.717) is 0 Å². The molecule has 0 fully saturated rings. The van der Waals surface area contributed by atoms with E-state index in [9.17, 15) is 0 Å². The first kappa shape index (κ1) is 14.7. The van der Waals surface area contributed by atoms with E-state index in [1.54, 1.807) is 18.9 Å². The van der Waals surface area contributed by atoms with Crippen LogP contribution in [0, 0.1) is 6.92 Å². The van der Waals surface area contributed by atoms with Gasteiger partial charge in [0.15, 0.2) is 0 Å². The molecule has 0 saturated carbocycles. The van der Waals surface area contributed by atoms with Crippen LogP contribution in [0.5, 0.6) is 17.2 Å². The van der Waals surface area contributed by atoms with Gasteiger partial charge in [-0.25, -0.2) is 0 Å². The van der Waals surface area contributed by atoms with E-state index in [-0.39, 0.29) is 0 Å². The summed E-state index contributed by atoms with van der Waals surface area (Å²) in [6.07, 6.45) is 3.89. The highest BCUT2D eigenvalue weighted by atomic mass is 32.2. The maximum Gasteiger partial charge on any atom is 0.141 e. The molecular formula is C18H17NO2S. The van der Waals surface area contributed by atoms with Crippen LogP contribution in [0.4, 0.5) is 0 Å². The molecule has 1 heterocycles. The fourth-order valence-electron chi connectivity index (χ4n) is 2.27. The smallest absolute Gasteiger partial charge is 0.141 e. The van der Waals surface area contributed by atoms with Crippen molar-refractivity contribution in [2.45, 2.75) is 11.8 Å². The summed E-state index contributed by atoms with van der Waals surface area (Å²) in [4.78, 5) is 5.67. The van der Waals surface area contributed by atoms with Crippen molar-refractivity contribution < 1.29 is 9.47 Å². The average molecular weight is 311 g/mol. The molecule has 3 aromatic rings. The maximum atomic E-state index is 6.11. The van der Waals surface area contributed by atoms with E-state index in [1.807, 2.05) is 43.5 Å². The topological polar surface area (TPSA) is 31.4 Å². The number of pyridine rings is 1. The predicted octanol–water partition coefficient (Wildman–Crippen LogP) is 5.07. The third-order valence-corrected chi connectivity index (χ3v) is 4.23. The van der Waals surface area contributed by atoms with Crippen LogP contribution in [-0.2, 0) is 0 Å². The van der Waals surface area contributed by atoms with Crippen LogP contribution < -0.4 is 9.47 Å². The number of hydrogen-bond donors (Lipinski definition) is 0. The van der Waals surface area contributed by atoms with Gasteiger partial charge in [-0.1, -0.05) is 0 Å². The summed E-state index contributed by atoms with van der Waals surface area (Å²) in [7, 11) is 1.65. The van der Waals surface area contributed by atoms with Gasteiger partial charge in [-0.2, -0.15) is 0 Å². The van der Waals surface area contributed by atoms with Gasteiger partial charge in [0.2, 0.25) is 0 Å². The zero-order chi connectivity index (χ0) is 15.5. The number of benzene rings is 2. The lowest BCUT2D eigenvalue weighted by molar-refractivity contribution is 0.415. The Morgan fingerprint density at radius 2 is 1.73 bits per heavy atom. The van der Waals surface area contributed by atoms with Gasteiger partial charge < -0.3 is 9.47 Å². The number of fused-ring (bicyclic) bond motifs is 1. The van der Waals surface area contributed by atoms with E-state index in [1.165, 1.54) is 4.90 Å². The van der Waals surface area contributed by atoms with Gasteiger partial charge in [-0.3, -0.25) is 4.98 Å². The summed E-state index contributed by atoms with van der Waals surface area (Å²) in [5.41, 5.74) is 1.87. The number of thioether (sulfide) groups is 1. The summed E-state index contributed by atoms with van der Waals surface area (Å²) in [6, 6.07) is 13.9. The van der Waals surface area contributed by atoms with Crippen molar-refractivity contribution in [2.24, 2.45) is 0 Å². The first-order valence-corrected chi connectivity index (χ1v) is 8.19. The normalized spacial score (nSPS) is 10.7. The van der Waals surface area contributed by atoms with Crippen LogP contribution in [-0.4, -0.2) is 18.3 Å². The van der Waals surface area contributed by atoms with E-state index < -0.39 is 0 Å². The van der Waals surface area contributed by atoms with E-state index >= 15 is 0 Å². The molecule has 0 saturated heterocycles. The Morgan fingerprint density at radius 3 is 2.41 bits per heavy atom. The third kappa shape index (κ3) is 2.88. The van der Waals surface area contributed by atoms with Crippen LogP contribution in [0.1, 0.15) is 5.56 Å². The molecule has 3 nitrogen and oxygen atoms in total. The van der Waals surface area contributed by atoms with Crippen molar-refractivity contribution in [3.8, 4) is 17.2 Å². The lowest BCUT2D eigenvalue weighted by Crippen LogP contribution is -1.92. The Bertz CT molecular complexity index is 800. The number of hydrogen-bond acceptors (Lipinski definition) is 4. The average Bonchev–Trinajstić information content (AvgIpc) is 2.57. The van der Waals surface area contributed by atoms with Crippen molar-refractivity contribution in [3.05, 3.63) is 54.2 Å². The molecule has 0 aliphatic heterocycles. The van der Waals surface area contributed by atoms with Crippen molar-refractivity contribution >= 4 is 22.7 Å². The summed E-state index contributed by atoms with van der Waals surface area (Å²) in [6.45, 7) is 2.00. The van der Waals surface area contributed by atoms with E-state index in [2.05, 4.69) is 23.4 Å². The Labute approximate surface area is 134 Å². The molecular weight excluding hydrogens is 294 g/mol. The largest absolute Gasteiger partial charge is 0.497 e. The minimum atomic E-state index is 0.791. The minimum absolute atomic E-state index is 0.791. The molecule has 22 heavy (non-hydrogen) atoms. The molecule has 2 aromatic carbocycles. The van der Waals surface area contributed by atoms with Gasteiger partial charge >= 0.3 is 0 Å². The number of aromatic nitrogens is 1. The lowest BCUT2D eigenvalue weighted by Gasteiger charge is -2.12. The standard InChI is InChI=1S/C18H17NO2S/c1-12-11-19-17-10-14(20-2)6-9-16(17)18(12)21-13-4-7-15(22-3)8-5-13/h4-11H,1-3H3. The Hall–Kier alpha value is -2.20. The zero-order valence-electron chi connectivity index (χ0n) is 12.8. The van der Waals surface area contributed by atoms with Crippen LogP contribution in [0.2, 0.25) is 0 Å². The molecule has 0 spiro atoms. The summed E-state index contributed by atoms with van der Waals surface area (Å²) in [5.74, 6) is 2.45. The Kier molecular flexibility index (Phi) is 4.20. The van der Waals surface area contributed by atoms with Gasteiger partial charge in [0.1, 0.15) is 17.2 Å². The van der Waals surface area contributed by atoms with Gasteiger partial charge in [0.25, 0.3) is 0 Å². The van der Waals surface area contributed by atoms with Gasteiger partial charge in [-0.15, -0.1) is 11.8 Å². The number of nitrogens with zero attached hydrogens (tertiary/aromatic N) is 1. The molecule has 0 aliphatic rings. The van der Waals surface area contributed by atoms with Crippen molar-refractivity contribution in [1.29, 1.82) is 0 Å². The molecule has 0 bridgehead atoms. The molecule has 112 valence electrons. The fourth-order valence-corrected chi connectivity index (χ4v) is 2.68. The molecule has 0 N–H and O–H groups in total. The lowest BCUT2D eigenvalue weighted by atomic mass is 10.1. The summed E-state index contributed by atoms with van der Waals surface area (Å²) in [5, 5.41) is 0.981. The van der Waals surface area contributed by atoms with Crippen molar-refractivity contribution in [2.75, 3.05) is 13.4 Å². The van der Waals surface area contributed by atoms with Crippen molar-refractivity contribution in [3.63, 3.8) is 0 Å². The summed E-state index contributed by atoms with van der Waals surface area (Å²) < 4.78 is 11.4. The van der Waals surface area contributed by atoms with E-state index in [4.69, 9.17) is 9.47 Å². The molecule has 0 atom stereocenters. The quantitative estimate of drug-likeness (QED) is 0.630. The van der Waals surface area contributed by atoms with Crippen LogP contribution in [0.3, 0.4) is 0 Å². The highest BCUT2D eigenvalue weighted by molar-refractivity contribution is 7.98. The molecule has 1 aromatic heterocycles. The number of methoxy groups -OCH3 is 1. The Morgan fingerprint density at radius 1 is 1.00 bits per heavy atom. The first-order chi connectivity index (χ1) is 10.7. The molecule has 0 radical (unpaired) electrons. The highest BCUT2D eigenvalue weighted by Crippen LogP contribution is 2.34. The van der Waals surface area contributed by atoms with Crippen molar-refractivity contribution in [1.82, 2.24) is 4.98 Å². The van der Waals surface area contributed by atoms with Gasteiger partial charge in [-0.05, 0) is 49.6 Å². The number of ether oxygens (including phenoxy) is 2. The fraction of sp³-hybridized carbons (Fsp3) is 0.167. The maximum absolute atomic E-state index is 6.11. The molecule has 4 heteroatoms. The predicted molar refractivity (Wildman–Crippen MR) is 91.3 cm³/mol. The van der Waals surface area contributed by atoms with Crippen LogP contribution >= 0.6 is 11.8 Å². The SMILES string of the molecule is COc1ccc2c(Oc3ccc(SC)cc3)c(C)cnc2c1. The number of rotatable bonds is 4. The molecule has 0 amide bonds. The van der Waals surface area contributed by atoms with E-state index in [0.717, 1.165) is 33.7 Å². The van der Waals surface area contributed by atoms with Crippen LogP contribution in [0.15, 0.2) is 53.6 Å². The monoisotopic (exact) mass is 311 g/mol. The molecule has 3 rings (SSSR count). The number of aryl methyl sites for hydroxylation is 1. The van der Waals surface area contributed by atoms with Gasteiger partial charge in [0, 0.05) is 28.1 Å². The van der Waals surface area contributed by atoms with Crippen LogP contribution in [0.25, 0.3) is 10.9 Å². The summed E-state index contributed by atoms with van der Waals surface area (Å²) >= 11 is 1.71. The highest BCUT2D eigenvalue weighted by Gasteiger charge is 2.09. The first-order valence-electron chi connectivity index (χ1n) is 6.96. The minimum Gasteiger partial charge on any atom is -0.497 e. The molecule has 0 aliphatic carbocycles.